The summed E-state index contributed by atoms with van der Waals surface area (Å²) < 4.78 is 20.5. The second-order valence-corrected chi connectivity index (χ2v) is 7.93. The van der Waals surface area contributed by atoms with E-state index >= 15 is 0 Å². The molecule has 0 aliphatic carbocycles. The quantitative estimate of drug-likeness (QED) is 0.609. The topological polar surface area (TPSA) is 102 Å². The van der Waals surface area contributed by atoms with Gasteiger partial charge in [-0.25, -0.2) is 9.07 Å². The van der Waals surface area contributed by atoms with E-state index in [2.05, 4.69) is 5.10 Å². The second kappa shape index (κ2) is 10.4. The molecule has 1 aliphatic heterocycles. The lowest BCUT2D eigenvalue weighted by Gasteiger charge is -2.32. The summed E-state index contributed by atoms with van der Waals surface area (Å²) in [6.07, 6.45) is 0.990. The molecule has 2 heterocycles. The summed E-state index contributed by atoms with van der Waals surface area (Å²) >= 11 is 0. The molecule has 1 saturated heterocycles. The fraction of sp³-hybridized carbons (Fsp3) is 0.435. The SMILES string of the molecule is CCOC(=O)C1CCN(C(=O)CN(C)C(=O)c2nn(-c3ccccc3F)c(C)cc2=O)CC1. The summed E-state index contributed by atoms with van der Waals surface area (Å²) in [7, 11) is 1.40. The van der Waals surface area contributed by atoms with Gasteiger partial charge in [0.15, 0.2) is 5.69 Å². The standard InChI is InChI=1S/C23H27FN4O5/c1-4-33-23(32)16-9-11-27(12-10-16)20(30)14-26(3)22(31)21-19(29)13-15(2)28(25-21)18-8-6-5-7-17(18)24/h5-8,13,16H,4,9-12,14H2,1-3H3. The Kier molecular flexibility index (Phi) is 7.57. The van der Waals surface area contributed by atoms with Gasteiger partial charge in [0.05, 0.1) is 19.1 Å². The number of benzene rings is 1. The molecule has 0 bridgehead atoms. The van der Waals surface area contributed by atoms with Crippen LogP contribution in [-0.4, -0.2) is 70.7 Å². The first-order valence-corrected chi connectivity index (χ1v) is 10.8. The number of nitrogens with zero attached hydrogens (tertiary/aromatic N) is 4. The minimum absolute atomic E-state index is 0.104. The molecule has 0 atom stereocenters. The number of piperidine rings is 1. The lowest BCUT2D eigenvalue weighted by Crippen LogP contribution is -2.46. The van der Waals surface area contributed by atoms with Crippen molar-refractivity contribution in [3.05, 3.63) is 57.8 Å². The Hall–Kier alpha value is -3.56. The first-order chi connectivity index (χ1) is 15.7. The van der Waals surface area contributed by atoms with Crippen LogP contribution in [0.2, 0.25) is 0 Å². The number of esters is 1. The normalized spacial score (nSPS) is 14.1. The predicted molar refractivity (Wildman–Crippen MR) is 117 cm³/mol. The Bertz CT molecular complexity index is 1110. The van der Waals surface area contributed by atoms with E-state index in [1.54, 1.807) is 24.8 Å². The molecular formula is C23H27FN4O5. The van der Waals surface area contributed by atoms with E-state index in [9.17, 15) is 23.6 Å². The molecule has 1 aromatic heterocycles. The van der Waals surface area contributed by atoms with Crippen molar-refractivity contribution in [2.75, 3.05) is 33.3 Å². The third kappa shape index (κ3) is 5.44. The van der Waals surface area contributed by atoms with Crippen molar-refractivity contribution in [1.82, 2.24) is 19.6 Å². The Labute approximate surface area is 190 Å². The maximum Gasteiger partial charge on any atom is 0.309 e. The fourth-order valence-corrected chi connectivity index (χ4v) is 3.74. The zero-order chi connectivity index (χ0) is 24.1. The molecule has 1 aliphatic rings. The highest BCUT2D eigenvalue weighted by Crippen LogP contribution is 2.19. The number of halogens is 1. The smallest absolute Gasteiger partial charge is 0.309 e. The van der Waals surface area contributed by atoms with Crippen molar-refractivity contribution in [2.24, 2.45) is 5.92 Å². The largest absolute Gasteiger partial charge is 0.466 e. The lowest BCUT2D eigenvalue weighted by molar-refractivity contribution is -0.151. The predicted octanol–water partition coefficient (Wildman–Crippen LogP) is 1.55. The highest BCUT2D eigenvalue weighted by atomic mass is 19.1. The molecule has 1 fully saturated rings. The molecule has 0 saturated carbocycles. The highest BCUT2D eigenvalue weighted by molar-refractivity contribution is 5.94. The summed E-state index contributed by atoms with van der Waals surface area (Å²) in [6.45, 7) is 4.16. The molecule has 176 valence electrons. The van der Waals surface area contributed by atoms with Crippen LogP contribution in [0.25, 0.3) is 5.69 Å². The van der Waals surface area contributed by atoms with Gasteiger partial charge in [-0.15, -0.1) is 0 Å². The van der Waals surface area contributed by atoms with Crippen LogP contribution >= 0.6 is 0 Å². The molecule has 0 unspecified atom stereocenters. The van der Waals surface area contributed by atoms with Gasteiger partial charge in [0, 0.05) is 31.9 Å². The van der Waals surface area contributed by atoms with E-state index in [0.717, 1.165) is 4.90 Å². The molecule has 33 heavy (non-hydrogen) atoms. The average molecular weight is 458 g/mol. The average Bonchev–Trinajstić information content (AvgIpc) is 2.79. The molecule has 9 nitrogen and oxygen atoms in total. The number of aryl methyl sites for hydroxylation is 1. The van der Waals surface area contributed by atoms with Gasteiger partial charge in [-0.3, -0.25) is 19.2 Å². The number of likely N-dealkylation sites (N-methyl/N-ethyl adjacent to an activating group) is 1. The molecular weight excluding hydrogens is 431 g/mol. The van der Waals surface area contributed by atoms with Crippen LogP contribution in [0, 0.1) is 18.7 Å². The van der Waals surface area contributed by atoms with Crippen LogP contribution in [0.15, 0.2) is 35.1 Å². The number of hydrogen-bond donors (Lipinski definition) is 0. The molecule has 3 rings (SSSR count). The third-order valence-electron chi connectivity index (χ3n) is 5.58. The van der Waals surface area contributed by atoms with Crippen molar-refractivity contribution in [1.29, 1.82) is 0 Å². The van der Waals surface area contributed by atoms with E-state index < -0.39 is 22.8 Å². The van der Waals surface area contributed by atoms with Crippen LogP contribution in [0.4, 0.5) is 4.39 Å². The third-order valence-corrected chi connectivity index (χ3v) is 5.58. The van der Waals surface area contributed by atoms with Crippen molar-refractivity contribution in [3.8, 4) is 5.69 Å². The summed E-state index contributed by atoms with van der Waals surface area (Å²) in [5.74, 6) is -2.07. The zero-order valence-corrected chi connectivity index (χ0v) is 18.9. The fourth-order valence-electron chi connectivity index (χ4n) is 3.74. The van der Waals surface area contributed by atoms with Crippen molar-refractivity contribution < 1.29 is 23.5 Å². The zero-order valence-electron chi connectivity index (χ0n) is 18.9. The van der Waals surface area contributed by atoms with Crippen LogP contribution in [-0.2, 0) is 14.3 Å². The van der Waals surface area contributed by atoms with Gasteiger partial charge in [-0.1, -0.05) is 12.1 Å². The van der Waals surface area contributed by atoms with Crippen LogP contribution in [0.3, 0.4) is 0 Å². The van der Waals surface area contributed by atoms with E-state index in [-0.39, 0.29) is 30.0 Å². The number of carbonyl (C=O) groups excluding carboxylic acids is 3. The number of amides is 2. The number of aromatic nitrogens is 2. The van der Waals surface area contributed by atoms with E-state index in [1.807, 2.05) is 0 Å². The van der Waals surface area contributed by atoms with Gasteiger partial charge in [-0.05, 0) is 38.8 Å². The van der Waals surface area contributed by atoms with Gasteiger partial charge in [0.25, 0.3) is 5.91 Å². The molecule has 0 radical (unpaired) electrons. The van der Waals surface area contributed by atoms with Crippen molar-refractivity contribution >= 4 is 17.8 Å². The number of likely N-dealkylation sites (tertiary alicyclic amines) is 1. The maximum absolute atomic E-state index is 14.2. The second-order valence-electron chi connectivity index (χ2n) is 7.93. The number of hydrogen-bond acceptors (Lipinski definition) is 6. The summed E-state index contributed by atoms with van der Waals surface area (Å²) in [4.78, 5) is 52.6. The van der Waals surface area contributed by atoms with Gasteiger partial charge in [0.2, 0.25) is 11.3 Å². The molecule has 2 aromatic rings. The minimum Gasteiger partial charge on any atom is -0.466 e. The monoisotopic (exact) mass is 458 g/mol. The molecule has 1 aromatic carbocycles. The van der Waals surface area contributed by atoms with Gasteiger partial charge >= 0.3 is 5.97 Å². The molecule has 10 heteroatoms. The number of ether oxygens (including phenoxy) is 1. The lowest BCUT2D eigenvalue weighted by atomic mass is 9.97. The Morgan fingerprint density at radius 3 is 2.52 bits per heavy atom. The number of carbonyl (C=O) groups is 3. The van der Waals surface area contributed by atoms with E-state index in [1.165, 1.54) is 36.0 Å². The molecule has 0 N–H and O–H groups in total. The Morgan fingerprint density at radius 1 is 1.21 bits per heavy atom. The number of para-hydroxylation sites is 1. The van der Waals surface area contributed by atoms with Crippen molar-refractivity contribution in [3.63, 3.8) is 0 Å². The summed E-state index contributed by atoms with van der Waals surface area (Å²) in [5, 5.41) is 4.09. The van der Waals surface area contributed by atoms with Crippen LogP contribution in [0.1, 0.15) is 35.9 Å². The first kappa shape index (κ1) is 24.1. The van der Waals surface area contributed by atoms with E-state index in [4.69, 9.17) is 4.74 Å². The van der Waals surface area contributed by atoms with Gasteiger partial charge < -0.3 is 14.5 Å². The van der Waals surface area contributed by atoms with Crippen molar-refractivity contribution in [2.45, 2.75) is 26.7 Å². The Morgan fingerprint density at radius 2 is 1.88 bits per heavy atom. The molecule has 2 amide bonds. The van der Waals surface area contributed by atoms with Crippen LogP contribution < -0.4 is 5.43 Å². The first-order valence-electron chi connectivity index (χ1n) is 10.8. The number of rotatable bonds is 6. The minimum atomic E-state index is -0.736. The van der Waals surface area contributed by atoms with E-state index in [0.29, 0.717) is 38.2 Å². The summed E-state index contributed by atoms with van der Waals surface area (Å²) in [5.41, 5.74) is -0.545. The molecule has 0 spiro atoms. The van der Waals surface area contributed by atoms with Gasteiger partial charge in [0.1, 0.15) is 11.5 Å². The Balaban J connectivity index is 1.70. The van der Waals surface area contributed by atoms with Gasteiger partial charge in [-0.2, -0.15) is 5.10 Å². The van der Waals surface area contributed by atoms with Crippen LogP contribution in [0.5, 0.6) is 0 Å². The maximum atomic E-state index is 14.2. The highest BCUT2D eigenvalue weighted by Gasteiger charge is 2.29. The summed E-state index contributed by atoms with van der Waals surface area (Å²) in [6, 6.07) is 7.10.